The summed E-state index contributed by atoms with van der Waals surface area (Å²) < 4.78 is 7.62. The number of fused-ring (bicyclic) bond motifs is 1. The second-order valence-corrected chi connectivity index (χ2v) is 6.06. The molecule has 2 aromatic heterocycles. The van der Waals surface area contributed by atoms with Gasteiger partial charge in [0.05, 0.1) is 17.4 Å². The summed E-state index contributed by atoms with van der Waals surface area (Å²) in [5.74, 6) is 2.12. The lowest BCUT2D eigenvalue weighted by Crippen LogP contribution is -2.05. The second-order valence-electron chi connectivity index (χ2n) is 6.06. The Morgan fingerprint density at radius 2 is 2.00 bits per heavy atom. The highest BCUT2D eigenvalue weighted by Crippen LogP contribution is 2.31. The van der Waals surface area contributed by atoms with E-state index in [1.165, 1.54) is 32.1 Å². The van der Waals surface area contributed by atoms with E-state index in [-0.39, 0.29) is 0 Å². The number of aromatic nitrogens is 4. The van der Waals surface area contributed by atoms with E-state index in [1.54, 1.807) is 0 Å². The van der Waals surface area contributed by atoms with Crippen molar-refractivity contribution in [2.24, 2.45) is 0 Å². The number of para-hydroxylation sites is 2. The van der Waals surface area contributed by atoms with E-state index >= 15 is 0 Å². The number of hydrogen-bond acceptors (Lipinski definition) is 4. The molecule has 0 aliphatic heterocycles. The largest absolute Gasteiger partial charge is 0.339 e. The molecule has 114 valence electrons. The molecule has 0 bridgehead atoms. The summed E-state index contributed by atoms with van der Waals surface area (Å²) in [5.41, 5.74) is 2.18. The van der Waals surface area contributed by atoms with Crippen LogP contribution in [0.2, 0.25) is 0 Å². The van der Waals surface area contributed by atoms with Crippen molar-refractivity contribution in [2.75, 3.05) is 0 Å². The fraction of sp³-hybridized carbons (Fsp3) is 0.471. The van der Waals surface area contributed by atoms with Crippen molar-refractivity contribution in [3.05, 3.63) is 42.3 Å². The number of aryl methyl sites for hydroxylation is 2. The minimum Gasteiger partial charge on any atom is -0.339 e. The zero-order valence-electron chi connectivity index (χ0n) is 12.6. The third-order valence-electron chi connectivity index (χ3n) is 4.54. The van der Waals surface area contributed by atoms with E-state index < -0.39 is 0 Å². The SMILES string of the molecule is c1ccc2c(c1)ncn2CCc1noc(C2CCCCC2)n1. The van der Waals surface area contributed by atoms with Gasteiger partial charge in [-0.15, -0.1) is 0 Å². The molecular formula is C17H20N4O. The molecule has 0 N–H and O–H groups in total. The Morgan fingerprint density at radius 3 is 2.91 bits per heavy atom. The molecule has 0 saturated heterocycles. The van der Waals surface area contributed by atoms with Crippen molar-refractivity contribution in [1.82, 2.24) is 19.7 Å². The standard InChI is InChI=1S/C17H20N4O/c1-2-6-13(7-3-1)17-19-16(20-22-17)10-11-21-12-18-14-8-4-5-9-15(14)21/h4-5,8-9,12-13H,1-3,6-7,10-11H2. The summed E-state index contributed by atoms with van der Waals surface area (Å²) in [5, 5.41) is 4.15. The van der Waals surface area contributed by atoms with Gasteiger partial charge in [-0.2, -0.15) is 4.98 Å². The molecule has 1 aromatic carbocycles. The lowest BCUT2D eigenvalue weighted by Gasteiger charge is -2.17. The lowest BCUT2D eigenvalue weighted by molar-refractivity contribution is 0.312. The van der Waals surface area contributed by atoms with Crippen LogP contribution in [0.1, 0.15) is 49.7 Å². The summed E-state index contributed by atoms with van der Waals surface area (Å²) in [6.45, 7) is 0.824. The van der Waals surface area contributed by atoms with Crippen LogP contribution in [0.4, 0.5) is 0 Å². The van der Waals surface area contributed by atoms with Crippen LogP contribution in [0.3, 0.4) is 0 Å². The van der Waals surface area contributed by atoms with E-state index in [0.29, 0.717) is 5.92 Å². The average Bonchev–Trinajstić information content (AvgIpc) is 3.21. The van der Waals surface area contributed by atoms with Crippen molar-refractivity contribution in [3.8, 4) is 0 Å². The highest BCUT2D eigenvalue weighted by atomic mass is 16.5. The van der Waals surface area contributed by atoms with Crippen LogP contribution in [0.5, 0.6) is 0 Å². The highest BCUT2D eigenvalue weighted by molar-refractivity contribution is 5.74. The summed E-state index contributed by atoms with van der Waals surface area (Å²) in [7, 11) is 0. The van der Waals surface area contributed by atoms with Crippen LogP contribution in [-0.4, -0.2) is 19.7 Å². The first-order valence-corrected chi connectivity index (χ1v) is 8.12. The number of imidazole rings is 1. The third-order valence-corrected chi connectivity index (χ3v) is 4.54. The molecule has 0 amide bonds. The van der Waals surface area contributed by atoms with Gasteiger partial charge in [0.15, 0.2) is 5.82 Å². The monoisotopic (exact) mass is 296 g/mol. The van der Waals surface area contributed by atoms with Gasteiger partial charge in [0.2, 0.25) is 5.89 Å². The molecule has 2 heterocycles. The van der Waals surface area contributed by atoms with Crippen LogP contribution in [0, 0.1) is 0 Å². The number of hydrogen-bond donors (Lipinski definition) is 0. The van der Waals surface area contributed by atoms with Gasteiger partial charge in [-0.25, -0.2) is 4.98 Å². The van der Waals surface area contributed by atoms with Crippen LogP contribution in [0.25, 0.3) is 11.0 Å². The lowest BCUT2D eigenvalue weighted by atomic mass is 9.89. The quantitative estimate of drug-likeness (QED) is 0.736. The Morgan fingerprint density at radius 1 is 1.14 bits per heavy atom. The van der Waals surface area contributed by atoms with Crippen molar-refractivity contribution in [1.29, 1.82) is 0 Å². The van der Waals surface area contributed by atoms with Gasteiger partial charge in [-0.3, -0.25) is 0 Å². The first-order chi connectivity index (χ1) is 10.9. The van der Waals surface area contributed by atoms with Crippen molar-refractivity contribution in [2.45, 2.75) is 51.0 Å². The predicted octanol–water partition coefficient (Wildman–Crippen LogP) is 3.71. The number of benzene rings is 1. The molecule has 4 rings (SSSR count). The molecule has 0 radical (unpaired) electrons. The predicted molar refractivity (Wildman–Crippen MR) is 83.6 cm³/mol. The van der Waals surface area contributed by atoms with Crippen LogP contribution in [0.15, 0.2) is 35.1 Å². The molecule has 1 saturated carbocycles. The molecule has 22 heavy (non-hydrogen) atoms. The van der Waals surface area contributed by atoms with Crippen molar-refractivity contribution < 1.29 is 4.52 Å². The first kappa shape index (κ1) is 13.5. The maximum atomic E-state index is 5.48. The van der Waals surface area contributed by atoms with Gasteiger partial charge in [-0.05, 0) is 25.0 Å². The summed E-state index contributed by atoms with van der Waals surface area (Å²) in [6.07, 6.45) is 8.93. The second kappa shape index (κ2) is 5.91. The van der Waals surface area contributed by atoms with Gasteiger partial charge in [0.1, 0.15) is 0 Å². The summed E-state index contributed by atoms with van der Waals surface area (Å²) in [6, 6.07) is 8.17. The average molecular weight is 296 g/mol. The Hall–Kier alpha value is -2.17. The minimum atomic E-state index is 0.476. The van der Waals surface area contributed by atoms with Crippen molar-refractivity contribution >= 4 is 11.0 Å². The van der Waals surface area contributed by atoms with Crippen LogP contribution in [-0.2, 0) is 13.0 Å². The fourth-order valence-corrected chi connectivity index (χ4v) is 3.29. The fourth-order valence-electron chi connectivity index (χ4n) is 3.29. The number of rotatable bonds is 4. The van der Waals surface area contributed by atoms with Gasteiger partial charge in [-0.1, -0.05) is 36.6 Å². The Bertz CT molecular complexity index is 755. The smallest absolute Gasteiger partial charge is 0.229 e. The molecule has 0 spiro atoms. The van der Waals surface area contributed by atoms with Gasteiger partial charge in [0, 0.05) is 18.9 Å². The summed E-state index contributed by atoms with van der Waals surface area (Å²) in [4.78, 5) is 9.01. The molecule has 3 aromatic rings. The maximum absolute atomic E-state index is 5.48. The van der Waals surface area contributed by atoms with Gasteiger partial charge >= 0.3 is 0 Å². The van der Waals surface area contributed by atoms with E-state index in [2.05, 4.69) is 25.8 Å². The molecule has 1 aliphatic rings. The van der Waals surface area contributed by atoms with Crippen LogP contribution < -0.4 is 0 Å². The van der Waals surface area contributed by atoms with Gasteiger partial charge in [0.25, 0.3) is 0 Å². The number of nitrogens with zero attached hydrogens (tertiary/aromatic N) is 4. The van der Waals surface area contributed by atoms with E-state index in [0.717, 1.165) is 35.7 Å². The first-order valence-electron chi connectivity index (χ1n) is 8.12. The van der Waals surface area contributed by atoms with E-state index in [1.807, 2.05) is 24.5 Å². The Labute approximate surface area is 129 Å². The molecular weight excluding hydrogens is 276 g/mol. The zero-order chi connectivity index (χ0) is 14.8. The maximum Gasteiger partial charge on any atom is 0.229 e. The molecule has 0 atom stereocenters. The normalized spacial score (nSPS) is 16.4. The zero-order valence-corrected chi connectivity index (χ0v) is 12.6. The molecule has 1 fully saturated rings. The minimum absolute atomic E-state index is 0.476. The summed E-state index contributed by atoms with van der Waals surface area (Å²) >= 11 is 0. The van der Waals surface area contributed by atoms with Crippen LogP contribution >= 0.6 is 0 Å². The Balaban J connectivity index is 1.44. The van der Waals surface area contributed by atoms with E-state index in [9.17, 15) is 0 Å². The van der Waals surface area contributed by atoms with Gasteiger partial charge < -0.3 is 9.09 Å². The molecule has 0 unspecified atom stereocenters. The topological polar surface area (TPSA) is 56.7 Å². The molecule has 5 heteroatoms. The highest BCUT2D eigenvalue weighted by Gasteiger charge is 2.21. The van der Waals surface area contributed by atoms with Crippen molar-refractivity contribution in [3.63, 3.8) is 0 Å². The molecule has 1 aliphatic carbocycles. The van der Waals surface area contributed by atoms with E-state index in [4.69, 9.17) is 4.52 Å². The Kier molecular flexibility index (Phi) is 3.62. The third kappa shape index (κ3) is 2.63. The molecule has 5 nitrogen and oxygen atoms in total.